The van der Waals surface area contributed by atoms with E-state index in [1.807, 2.05) is 60.7 Å². The maximum Gasteiger partial charge on any atom is 0.494 e. The minimum atomic E-state index is -0.427. The second-order valence-electron chi connectivity index (χ2n) is 11.4. The summed E-state index contributed by atoms with van der Waals surface area (Å²) in [6.45, 7) is 8.27. The Morgan fingerprint density at radius 3 is 1.75 bits per heavy atom. The average molecular weight is 524 g/mol. The Bertz CT molecular complexity index is 1790. The molecule has 6 heteroatoms. The van der Waals surface area contributed by atoms with Crippen LogP contribution in [0.4, 0.5) is 0 Å². The van der Waals surface area contributed by atoms with Gasteiger partial charge in [0.05, 0.1) is 22.6 Å². The first-order valence-corrected chi connectivity index (χ1v) is 13.6. The van der Waals surface area contributed by atoms with E-state index in [-0.39, 0.29) is 0 Å². The van der Waals surface area contributed by atoms with Crippen molar-refractivity contribution in [2.75, 3.05) is 0 Å². The lowest BCUT2D eigenvalue weighted by Crippen LogP contribution is -2.41. The molecule has 0 atom stereocenters. The molecule has 0 unspecified atom stereocenters. The average Bonchev–Trinajstić information content (AvgIpc) is 3.45. The topological polar surface area (TPSA) is 57.4 Å². The van der Waals surface area contributed by atoms with Gasteiger partial charge in [0.2, 0.25) is 0 Å². The zero-order valence-corrected chi connectivity index (χ0v) is 23.0. The molecule has 3 heterocycles. The Labute approximate surface area is 234 Å². The summed E-state index contributed by atoms with van der Waals surface area (Å²) < 4.78 is 18.9. The smallest absolute Gasteiger partial charge is 0.456 e. The van der Waals surface area contributed by atoms with Gasteiger partial charge in [-0.25, -0.2) is 9.97 Å². The van der Waals surface area contributed by atoms with Gasteiger partial charge in [-0.05, 0) is 57.4 Å². The molecule has 0 amide bonds. The maximum atomic E-state index is 6.31. The van der Waals surface area contributed by atoms with Crippen LogP contribution < -0.4 is 5.46 Å². The lowest BCUT2D eigenvalue weighted by Gasteiger charge is -2.32. The van der Waals surface area contributed by atoms with Gasteiger partial charge in [0.25, 0.3) is 0 Å². The highest BCUT2D eigenvalue weighted by Gasteiger charge is 2.51. The summed E-state index contributed by atoms with van der Waals surface area (Å²) in [5.41, 5.74) is 6.52. The van der Waals surface area contributed by atoms with E-state index < -0.39 is 18.3 Å². The van der Waals surface area contributed by atoms with Crippen molar-refractivity contribution in [3.63, 3.8) is 0 Å². The Morgan fingerprint density at radius 1 is 0.550 bits per heavy atom. The van der Waals surface area contributed by atoms with Crippen molar-refractivity contribution < 1.29 is 13.7 Å². The van der Waals surface area contributed by atoms with Gasteiger partial charge >= 0.3 is 7.12 Å². The summed E-state index contributed by atoms with van der Waals surface area (Å²) >= 11 is 0. The standard InChI is InChI=1S/C34H29BN2O3/c1-33(2)34(3,4)40-35(39-33)25-16-18-30-27(20-25)26-17-15-24(19-31(26)38-30)32-36-28(22-11-7-5-8-12-22)21-29(37-32)23-13-9-6-10-14-23/h5-21H,1-4H3. The molecule has 2 aromatic heterocycles. The number of hydrogen-bond donors (Lipinski definition) is 0. The third-order valence-corrected chi connectivity index (χ3v) is 8.14. The van der Waals surface area contributed by atoms with Crippen LogP contribution in [0.2, 0.25) is 0 Å². The van der Waals surface area contributed by atoms with Crippen molar-refractivity contribution in [1.29, 1.82) is 0 Å². The predicted octanol–water partition coefficient (Wildman–Crippen LogP) is 7.68. The van der Waals surface area contributed by atoms with Crippen molar-refractivity contribution in [3.8, 4) is 33.9 Å². The highest BCUT2D eigenvalue weighted by atomic mass is 16.7. The number of fused-ring (bicyclic) bond motifs is 3. The molecule has 1 fully saturated rings. The SMILES string of the molecule is CC1(C)OB(c2ccc3oc4cc(-c5nc(-c6ccccc6)cc(-c6ccccc6)n5)ccc4c3c2)OC1(C)C. The molecule has 0 radical (unpaired) electrons. The molecule has 0 aliphatic carbocycles. The second-order valence-corrected chi connectivity index (χ2v) is 11.4. The van der Waals surface area contributed by atoms with Crippen LogP contribution in [-0.4, -0.2) is 28.3 Å². The highest BCUT2D eigenvalue weighted by Crippen LogP contribution is 2.37. The van der Waals surface area contributed by atoms with E-state index in [1.165, 1.54) is 0 Å². The fourth-order valence-corrected chi connectivity index (χ4v) is 5.15. The summed E-state index contributed by atoms with van der Waals surface area (Å²) in [6, 6.07) is 34.8. The molecule has 40 heavy (non-hydrogen) atoms. The number of furan rings is 1. The fraction of sp³-hybridized carbons (Fsp3) is 0.176. The van der Waals surface area contributed by atoms with Crippen LogP contribution in [-0.2, 0) is 9.31 Å². The molecule has 1 aliphatic heterocycles. The number of aromatic nitrogens is 2. The summed E-state index contributed by atoms with van der Waals surface area (Å²) in [7, 11) is -0.427. The van der Waals surface area contributed by atoms with Gasteiger partial charge in [-0.3, -0.25) is 0 Å². The summed E-state index contributed by atoms with van der Waals surface area (Å²) in [6.07, 6.45) is 0. The molecule has 6 aromatic rings. The molecular formula is C34H29BN2O3. The zero-order valence-electron chi connectivity index (χ0n) is 23.0. The van der Waals surface area contributed by atoms with E-state index in [9.17, 15) is 0 Å². The third kappa shape index (κ3) is 4.21. The van der Waals surface area contributed by atoms with Crippen LogP contribution in [0, 0.1) is 0 Å². The van der Waals surface area contributed by atoms with Crippen LogP contribution in [0.25, 0.3) is 55.8 Å². The Hall–Kier alpha value is -4.26. The van der Waals surface area contributed by atoms with Crippen LogP contribution in [0.1, 0.15) is 27.7 Å². The summed E-state index contributed by atoms with van der Waals surface area (Å²) in [5.74, 6) is 0.653. The van der Waals surface area contributed by atoms with Crippen molar-refractivity contribution >= 4 is 34.5 Å². The predicted molar refractivity (Wildman–Crippen MR) is 161 cm³/mol. The van der Waals surface area contributed by atoms with E-state index in [2.05, 4.69) is 70.2 Å². The summed E-state index contributed by atoms with van der Waals surface area (Å²) in [5, 5.41) is 2.05. The van der Waals surface area contributed by atoms with Crippen LogP contribution in [0.3, 0.4) is 0 Å². The van der Waals surface area contributed by atoms with E-state index in [1.54, 1.807) is 0 Å². The quantitative estimate of drug-likeness (QED) is 0.222. The van der Waals surface area contributed by atoms with E-state index in [0.29, 0.717) is 5.82 Å². The van der Waals surface area contributed by atoms with Gasteiger partial charge < -0.3 is 13.7 Å². The van der Waals surface area contributed by atoms with Gasteiger partial charge in [-0.15, -0.1) is 0 Å². The molecule has 4 aromatic carbocycles. The Kier molecular flexibility index (Phi) is 5.67. The van der Waals surface area contributed by atoms with Crippen LogP contribution >= 0.6 is 0 Å². The minimum Gasteiger partial charge on any atom is -0.456 e. The molecular weight excluding hydrogens is 495 g/mol. The largest absolute Gasteiger partial charge is 0.494 e. The molecule has 5 nitrogen and oxygen atoms in total. The molecule has 0 spiro atoms. The number of nitrogens with zero attached hydrogens (tertiary/aromatic N) is 2. The third-order valence-electron chi connectivity index (χ3n) is 8.14. The molecule has 0 N–H and O–H groups in total. The second kappa shape index (κ2) is 9.15. The van der Waals surface area contributed by atoms with E-state index in [0.717, 1.165) is 55.5 Å². The van der Waals surface area contributed by atoms with Crippen LogP contribution in [0.15, 0.2) is 108 Å². The first-order chi connectivity index (χ1) is 19.3. The van der Waals surface area contributed by atoms with Crippen molar-refractivity contribution in [2.24, 2.45) is 0 Å². The van der Waals surface area contributed by atoms with Crippen molar-refractivity contribution in [1.82, 2.24) is 9.97 Å². The monoisotopic (exact) mass is 524 g/mol. The minimum absolute atomic E-state index is 0.396. The van der Waals surface area contributed by atoms with Crippen molar-refractivity contribution in [3.05, 3.63) is 103 Å². The van der Waals surface area contributed by atoms with E-state index in [4.69, 9.17) is 23.7 Å². The molecule has 1 saturated heterocycles. The number of benzene rings is 4. The number of rotatable bonds is 4. The van der Waals surface area contributed by atoms with Crippen molar-refractivity contribution in [2.45, 2.75) is 38.9 Å². The first kappa shape index (κ1) is 24.8. The van der Waals surface area contributed by atoms with Gasteiger partial charge in [-0.2, -0.15) is 0 Å². The van der Waals surface area contributed by atoms with Gasteiger partial charge in [0, 0.05) is 27.5 Å². The summed E-state index contributed by atoms with van der Waals surface area (Å²) in [4.78, 5) is 9.94. The van der Waals surface area contributed by atoms with Gasteiger partial charge in [0.1, 0.15) is 11.2 Å². The lowest BCUT2D eigenvalue weighted by molar-refractivity contribution is 0.00578. The lowest BCUT2D eigenvalue weighted by atomic mass is 9.78. The normalized spacial score (nSPS) is 16.1. The van der Waals surface area contributed by atoms with E-state index >= 15 is 0 Å². The maximum absolute atomic E-state index is 6.31. The molecule has 1 aliphatic rings. The fourth-order valence-electron chi connectivity index (χ4n) is 5.15. The molecule has 196 valence electrons. The highest BCUT2D eigenvalue weighted by molar-refractivity contribution is 6.62. The molecule has 0 saturated carbocycles. The van der Waals surface area contributed by atoms with Crippen LogP contribution in [0.5, 0.6) is 0 Å². The zero-order chi connectivity index (χ0) is 27.5. The molecule has 0 bridgehead atoms. The van der Waals surface area contributed by atoms with Gasteiger partial charge in [-0.1, -0.05) is 78.9 Å². The Morgan fingerprint density at radius 2 is 1.15 bits per heavy atom. The van der Waals surface area contributed by atoms with Gasteiger partial charge in [0.15, 0.2) is 5.82 Å². The first-order valence-electron chi connectivity index (χ1n) is 13.6. The molecule has 7 rings (SSSR count). The Balaban J connectivity index is 1.31. The number of hydrogen-bond acceptors (Lipinski definition) is 5.